The Labute approximate surface area is 185 Å². The van der Waals surface area contributed by atoms with Crippen molar-refractivity contribution in [2.24, 2.45) is 0 Å². The molecule has 2 aromatic rings. The maximum Gasteiger partial charge on any atom is 0.253 e. The first-order valence-corrected chi connectivity index (χ1v) is 11.7. The summed E-state index contributed by atoms with van der Waals surface area (Å²) in [5.74, 6) is 1.93. The molecule has 5 heteroatoms. The molecule has 1 unspecified atom stereocenters. The number of amides is 1. The first-order valence-electron chi connectivity index (χ1n) is 11.7. The van der Waals surface area contributed by atoms with Crippen molar-refractivity contribution in [3.63, 3.8) is 0 Å². The Morgan fingerprint density at radius 1 is 0.903 bits per heavy atom. The van der Waals surface area contributed by atoms with Crippen LogP contribution in [0.4, 0.5) is 0 Å². The lowest BCUT2D eigenvalue weighted by atomic mass is 10.1. The van der Waals surface area contributed by atoms with Crippen LogP contribution in [0.25, 0.3) is 0 Å². The Bertz CT molecular complexity index is 810. The molecule has 166 valence electrons. The Kier molecular flexibility index (Phi) is 7.47. The van der Waals surface area contributed by atoms with Gasteiger partial charge in [-0.25, -0.2) is 0 Å². The van der Waals surface area contributed by atoms with Crippen LogP contribution in [0.5, 0.6) is 11.5 Å². The van der Waals surface area contributed by atoms with Crippen molar-refractivity contribution < 1.29 is 14.3 Å². The number of para-hydroxylation sites is 1. The van der Waals surface area contributed by atoms with E-state index in [1.807, 2.05) is 59.5 Å². The van der Waals surface area contributed by atoms with Gasteiger partial charge in [-0.15, -0.1) is 0 Å². The molecule has 2 fully saturated rings. The van der Waals surface area contributed by atoms with Gasteiger partial charge in [0.05, 0.1) is 0 Å². The quantitative estimate of drug-likeness (QED) is 0.653. The summed E-state index contributed by atoms with van der Waals surface area (Å²) >= 11 is 0. The molecule has 0 bridgehead atoms. The van der Waals surface area contributed by atoms with Gasteiger partial charge < -0.3 is 14.4 Å². The predicted molar refractivity (Wildman–Crippen MR) is 123 cm³/mol. The molecular formula is C26H34N2O3. The molecule has 2 aliphatic rings. The van der Waals surface area contributed by atoms with Crippen LogP contribution in [-0.4, -0.2) is 60.6 Å². The lowest BCUT2D eigenvalue weighted by molar-refractivity contribution is 0.0636. The van der Waals surface area contributed by atoms with Gasteiger partial charge in [0.2, 0.25) is 0 Å². The van der Waals surface area contributed by atoms with Crippen LogP contribution >= 0.6 is 0 Å². The molecule has 1 atom stereocenters. The van der Waals surface area contributed by atoms with Gasteiger partial charge in [-0.2, -0.15) is 0 Å². The Morgan fingerprint density at radius 2 is 1.58 bits per heavy atom. The molecule has 1 amide bonds. The highest BCUT2D eigenvalue weighted by Gasteiger charge is 2.24. The summed E-state index contributed by atoms with van der Waals surface area (Å²) in [7, 11) is 0. The normalized spacial score (nSPS) is 19.1. The molecule has 2 aliphatic heterocycles. The SMILES string of the molecule is CC(COc1ccccc1)N1CCC(Oc2ccc(C(=O)N3CCCCC3)cc2)CC1. The van der Waals surface area contributed by atoms with E-state index < -0.39 is 0 Å². The van der Waals surface area contributed by atoms with E-state index in [4.69, 9.17) is 9.47 Å². The van der Waals surface area contributed by atoms with Crippen LogP contribution < -0.4 is 9.47 Å². The van der Waals surface area contributed by atoms with E-state index in [1.165, 1.54) is 6.42 Å². The van der Waals surface area contributed by atoms with Gasteiger partial charge in [0.25, 0.3) is 5.91 Å². The minimum absolute atomic E-state index is 0.145. The molecule has 0 aliphatic carbocycles. The second kappa shape index (κ2) is 10.7. The summed E-state index contributed by atoms with van der Waals surface area (Å²) in [6.45, 7) is 6.70. The summed E-state index contributed by atoms with van der Waals surface area (Å²) in [5.41, 5.74) is 0.760. The zero-order valence-corrected chi connectivity index (χ0v) is 18.5. The first-order chi connectivity index (χ1) is 15.2. The van der Waals surface area contributed by atoms with Gasteiger partial charge in [-0.3, -0.25) is 9.69 Å². The zero-order valence-electron chi connectivity index (χ0n) is 18.5. The Balaban J connectivity index is 1.21. The third-order valence-corrected chi connectivity index (χ3v) is 6.38. The fraction of sp³-hybridized carbons (Fsp3) is 0.500. The van der Waals surface area contributed by atoms with Crippen LogP contribution in [0, 0.1) is 0 Å². The zero-order chi connectivity index (χ0) is 21.5. The number of piperidine rings is 2. The average molecular weight is 423 g/mol. The van der Waals surface area contributed by atoms with E-state index in [9.17, 15) is 4.79 Å². The van der Waals surface area contributed by atoms with Crippen molar-refractivity contribution in [3.05, 3.63) is 60.2 Å². The van der Waals surface area contributed by atoms with E-state index in [-0.39, 0.29) is 12.0 Å². The Morgan fingerprint density at radius 3 is 2.26 bits per heavy atom. The number of carbonyl (C=O) groups is 1. The van der Waals surface area contributed by atoms with Gasteiger partial charge in [0.1, 0.15) is 24.2 Å². The highest BCUT2D eigenvalue weighted by molar-refractivity contribution is 5.94. The standard InChI is InChI=1S/C26H34N2O3/c1-21(20-30-23-8-4-2-5-9-23)27-18-14-25(15-19-27)31-24-12-10-22(11-13-24)26(29)28-16-6-3-7-17-28/h2,4-5,8-13,21,25H,3,6-7,14-20H2,1H3. The lowest BCUT2D eigenvalue weighted by Gasteiger charge is -2.35. The van der Waals surface area contributed by atoms with Gasteiger partial charge >= 0.3 is 0 Å². The predicted octanol–water partition coefficient (Wildman–Crippen LogP) is 4.62. The summed E-state index contributed by atoms with van der Waals surface area (Å²) in [4.78, 5) is 17.1. The number of carbonyl (C=O) groups excluding carboxylic acids is 1. The van der Waals surface area contributed by atoms with E-state index in [2.05, 4.69) is 11.8 Å². The fourth-order valence-electron chi connectivity index (χ4n) is 4.42. The van der Waals surface area contributed by atoms with Crippen molar-refractivity contribution in [2.45, 2.75) is 51.2 Å². The number of rotatable bonds is 7. The van der Waals surface area contributed by atoms with Gasteiger partial charge in [0.15, 0.2) is 0 Å². The van der Waals surface area contributed by atoms with E-state index in [0.29, 0.717) is 12.6 Å². The summed E-state index contributed by atoms with van der Waals surface area (Å²) < 4.78 is 12.1. The maximum absolute atomic E-state index is 12.6. The van der Waals surface area contributed by atoms with Gasteiger partial charge in [0, 0.05) is 37.8 Å². The molecule has 0 aromatic heterocycles. The topological polar surface area (TPSA) is 42.0 Å². The molecule has 2 saturated heterocycles. The summed E-state index contributed by atoms with van der Waals surface area (Å²) in [6.07, 6.45) is 5.69. The van der Waals surface area contributed by atoms with Gasteiger partial charge in [-0.1, -0.05) is 18.2 Å². The highest BCUT2D eigenvalue weighted by Crippen LogP contribution is 2.22. The van der Waals surface area contributed by atoms with Crippen molar-refractivity contribution in [1.29, 1.82) is 0 Å². The second-order valence-corrected chi connectivity index (χ2v) is 8.70. The van der Waals surface area contributed by atoms with Crippen LogP contribution in [0.1, 0.15) is 49.4 Å². The number of benzene rings is 2. The fourth-order valence-corrected chi connectivity index (χ4v) is 4.42. The van der Waals surface area contributed by atoms with E-state index >= 15 is 0 Å². The van der Waals surface area contributed by atoms with Crippen LogP contribution in [0.15, 0.2) is 54.6 Å². The molecule has 2 aromatic carbocycles. The highest BCUT2D eigenvalue weighted by atomic mass is 16.5. The molecular weight excluding hydrogens is 388 g/mol. The van der Waals surface area contributed by atoms with Crippen LogP contribution in [0.3, 0.4) is 0 Å². The molecule has 0 spiro atoms. The largest absolute Gasteiger partial charge is 0.492 e. The lowest BCUT2D eigenvalue weighted by Crippen LogP contribution is -2.45. The molecule has 0 radical (unpaired) electrons. The minimum atomic E-state index is 0.145. The van der Waals surface area contributed by atoms with Crippen molar-refractivity contribution in [2.75, 3.05) is 32.8 Å². The minimum Gasteiger partial charge on any atom is -0.492 e. The van der Waals surface area contributed by atoms with Crippen LogP contribution in [-0.2, 0) is 0 Å². The monoisotopic (exact) mass is 422 g/mol. The smallest absolute Gasteiger partial charge is 0.253 e. The molecule has 5 nitrogen and oxygen atoms in total. The summed E-state index contributed by atoms with van der Waals surface area (Å²) in [6, 6.07) is 18.1. The van der Waals surface area contributed by atoms with Crippen molar-refractivity contribution in [3.8, 4) is 11.5 Å². The van der Waals surface area contributed by atoms with Crippen molar-refractivity contribution >= 4 is 5.91 Å². The first kappa shape index (κ1) is 21.7. The second-order valence-electron chi connectivity index (χ2n) is 8.70. The number of nitrogens with zero attached hydrogens (tertiary/aromatic N) is 2. The number of likely N-dealkylation sites (tertiary alicyclic amines) is 2. The van der Waals surface area contributed by atoms with E-state index in [1.54, 1.807) is 0 Å². The van der Waals surface area contributed by atoms with Crippen molar-refractivity contribution in [1.82, 2.24) is 9.80 Å². The molecule has 4 rings (SSSR count). The molecule has 0 N–H and O–H groups in total. The molecule has 2 heterocycles. The third-order valence-electron chi connectivity index (χ3n) is 6.38. The van der Waals surface area contributed by atoms with Crippen LogP contribution in [0.2, 0.25) is 0 Å². The molecule has 31 heavy (non-hydrogen) atoms. The van der Waals surface area contributed by atoms with E-state index in [0.717, 1.165) is 68.9 Å². The number of hydrogen-bond donors (Lipinski definition) is 0. The number of hydrogen-bond acceptors (Lipinski definition) is 4. The van der Waals surface area contributed by atoms with Gasteiger partial charge in [-0.05, 0) is 75.4 Å². The maximum atomic E-state index is 12.6. The average Bonchev–Trinajstić information content (AvgIpc) is 2.84. The third kappa shape index (κ3) is 6.01. The number of ether oxygens (including phenoxy) is 2. The Hall–Kier alpha value is -2.53. The molecule has 0 saturated carbocycles. The summed E-state index contributed by atoms with van der Waals surface area (Å²) in [5, 5.41) is 0.